The van der Waals surface area contributed by atoms with Crippen LogP contribution in [-0.2, 0) is 11.2 Å². The SMILES string of the molecule is COc1cccc(CCC(=O)Nc2cccc3[nH]ccc23)c1. The molecule has 3 rings (SSSR count). The number of aromatic amines is 1. The standard InChI is InChI=1S/C18H18N2O2/c1-22-14-5-2-4-13(12-14)8-9-18(21)20-17-7-3-6-16-15(17)10-11-19-16/h2-7,10-12,19H,8-9H2,1H3,(H,20,21). The van der Waals surface area contributed by atoms with Crippen LogP contribution >= 0.6 is 0 Å². The molecule has 0 bridgehead atoms. The van der Waals surface area contributed by atoms with Gasteiger partial charge in [-0.25, -0.2) is 0 Å². The van der Waals surface area contributed by atoms with Crippen molar-refractivity contribution in [2.24, 2.45) is 0 Å². The van der Waals surface area contributed by atoms with Gasteiger partial charge in [0.1, 0.15) is 5.75 Å². The second-order valence-corrected chi connectivity index (χ2v) is 5.14. The van der Waals surface area contributed by atoms with E-state index in [0.717, 1.165) is 27.9 Å². The summed E-state index contributed by atoms with van der Waals surface area (Å²) in [6.07, 6.45) is 3.00. The zero-order chi connectivity index (χ0) is 15.4. The van der Waals surface area contributed by atoms with Crippen LogP contribution in [0.4, 0.5) is 5.69 Å². The van der Waals surface area contributed by atoms with E-state index in [9.17, 15) is 4.79 Å². The number of aryl methyl sites for hydroxylation is 1. The smallest absolute Gasteiger partial charge is 0.224 e. The van der Waals surface area contributed by atoms with Crippen LogP contribution in [0.5, 0.6) is 5.75 Å². The van der Waals surface area contributed by atoms with Crippen LogP contribution < -0.4 is 10.1 Å². The number of ether oxygens (including phenoxy) is 1. The predicted molar refractivity (Wildman–Crippen MR) is 88.2 cm³/mol. The number of benzene rings is 2. The van der Waals surface area contributed by atoms with Crippen molar-refractivity contribution >= 4 is 22.5 Å². The molecule has 1 aromatic heterocycles. The maximum atomic E-state index is 12.2. The van der Waals surface area contributed by atoms with E-state index >= 15 is 0 Å². The second-order valence-electron chi connectivity index (χ2n) is 5.14. The van der Waals surface area contributed by atoms with Crippen LogP contribution in [0.3, 0.4) is 0 Å². The van der Waals surface area contributed by atoms with Gasteiger partial charge in [0.2, 0.25) is 5.91 Å². The third-order valence-electron chi connectivity index (χ3n) is 3.64. The van der Waals surface area contributed by atoms with E-state index in [1.54, 1.807) is 7.11 Å². The Hall–Kier alpha value is -2.75. The van der Waals surface area contributed by atoms with Gasteiger partial charge >= 0.3 is 0 Å². The molecule has 2 N–H and O–H groups in total. The number of H-pyrrole nitrogens is 1. The minimum absolute atomic E-state index is 0.0107. The molecule has 0 unspecified atom stereocenters. The molecule has 0 aliphatic heterocycles. The number of nitrogens with one attached hydrogen (secondary N) is 2. The van der Waals surface area contributed by atoms with Gasteiger partial charge in [0, 0.05) is 23.5 Å². The largest absolute Gasteiger partial charge is 0.497 e. The van der Waals surface area contributed by atoms with E-state index in [0.29, 0.717) is 12.8 Å². The highest BCUT2D eigenvalue weighted by atomic mass is 16.5. The number of aromatic nitrogens is 1. The summed E-state index contributed by atoms with van der Waals surface area (Å²) in [5, 5.41) is 4.00. The molecule has 1 amide bonds. The van der Waals surface area contributed by atoms with E-state index in [2.05, 4.69) is 10.3 Å². The first kappa shape index (κ1) is 14.2. The minimum Gasteiger partial charge on any atom is -0.497 e. The highest BCUT2D eigenvalue weighted by Crippen LogP contribution is 2.22. The summed E-state index contributed by atoms with van der Waals surface area (Å²) < 4.78 is 5.19. The van der Waals surface area contributed by atoms with Gasteiger partial charge in [0.05, 0.1) is 12.8 Å². The molecular formula is C18H18N2O2. The number of hydrogen-bond acceptors (Lipinski definition) is 2. The maximum Gasteiger partial charge on any atom is 0.224 e. The molecule has 2 aromatic carbocycles. The van der Waals surface area contributed by atoms with Gasteiger partial charge < -0.3 is 15.0 Å². The van der Waals surface area contributed by atoms with Crippen molar-refractivity contribution in [2.45, 2.75) is 12.8 Å². The quantitative estimate of drug-likeness (QED) is 0.753. The molecule has 3 aromatic rings. The van der Waals surface area contributed by atoms with Crippen LogP contribution in [0.1, 0.15) is 12.0 Å². The first-order chi connectivity index (χ1) is 10.8. The van der Waals surface area contributed by atoms with Crippen molar-refractivity contribution in [1.29, 1.82) is 0 Å². The lowest BCUT2D eigenvalue weighted by Gasteiger charge is -2.07. The van der Waals surface area contributed by atoms with Gasteiger partial charge in [-0.05, 0) is 42.3 Å². The third-order valence-corrected chi connectivity index (χ3v) is 3.64. The fourth-order valence-electron chi connectivity index (χ4n) is 2.49. The molecule has 22 heavy (non-hydrogen) atoms. The Labute approximate surface area is 129 Å². The summed E-state index contributed by atoms with van der Waals surface area (Å²) in [6, 6.07) is 15.6. The summed E-state index contributed by atoms with van der Waals surface area (Å²) in [5.74, 6) is 0.825. The Morgan fingerprint density at radius 3 is 2.91 bits per heavy atom. The van der Waals surface area contributed by atoms with Crippen molar-refractivity contribution in [3.63, 3.8) is 0 Å². The van der Waals surface area contributed by atoms with E-state index < -0.39 is 0 Å². The number of methoxy groups -OCH3 is 1. The van der Waals surface area contributed by atoms with Gasteiger partial charge in [-0.2, -0.15) is 0 Å². The lowest BCUT2D eigenvalue weighted by Crippen LogP contribution is -2.12. The normalized spacial score (nSPS) is 10.6. The minimum atomic E-state index is 0.0107. The van der Waals surface area contributed by atoms with Crippen molar-refractivity contribution < 1.29 is 9.53 Å². The zero-order valence-corrected chi connectivity index (χ0v) is 12.4. The van der Waals surface area contributed by atoms with Crippen molar-refractivity contribution in [3.8, 4) is 5.75 Å². The molecule has 4 heteroatoms. The first-order valence-corrected chi connectivity index (χ1v) is 7.25. The lowest BCUT2D eigenvalue weighted by molar-refractivity contribution is -0.116. The van der Waals surface area contributed by atoms with Gasteiger partial charge in [-0.15, -0.1) is 0 Å². The number of carbonyl (C=O) groups is 1. The number of amides is 1. The molecule has 0 radical (unpaired) electrons. The molecule has 0 saturated carbocycles. The average Bonchev–Trinajstić information content (AvgIpc) is 3.03. The van der Waals surface area contributed by atoms with Crippen LogP contribution in [0.15, 0.2) is 54.7 Å². The Bertz CT molecular complexity index is 792. The van der Waals surface area contributed by atoms with Gasteiger partial charge in [-0.3, -0.25) is 4.79 Å². The molecule has 0 atom stereocenters. The molecule has 0 spiro atoms. The number of anilines is 1. The van der Waals surface area contributed by atoms with Crippen LogP contribution in [0, 0.1) is 0 Å². The van der Waals surface area contributed by atoms with Gasteiger partial charge in [-0.1, -0.05) is 18.2 Å². The summed E-state index contributed by atoms with van der Waals surface area (Å²) in [4.78, 5) is 15.3. The lowest BCUT2D eigenvalue weighted by atomic mass is 10.1. The van der Waals surface area contributed by atoms with Gasteiger partial charge in [0.15, 0.2) is 0 Å². The number of rotatable bonds is 5. The van der Waals surface area contributed by atoms with Crippen LogP contribution in [0.2, 0.25) is 0 Å². The summed E-state index contributed by atoms with van der Waals surface area (Å²) in [7, 11) is 1.64. The topological polar surface area (TPSA) is 54.1 Å². The monoisotopic (exact) mass is 294 g/mol. The van der Waals surface area contributed by atoms with E-state index in [1.165, 1.54) is 0 Å². The van der Waals surface area contributed by atoms with E-state index in [4.69, 9.17) is 4.74 Å². The van der Waals surface area contributed by atoms with E-state index in [1.807, 2.05) is 54.7 Å². The molecule has 1 heterocycles. The Morgan fingerprint density at radius 2 is 2.05 bits per heavy atom. The molecular weight excluding hydrogens is 276 g/mol. The summed E-state index contributed by atoms with van der Waals surface area (Å²) in [5.41, 5.74) is 2.95. The molecule has 0 aliphatic carbocycles. The molecule has 0 aliphatic rings. The van der Waals surface area contributed by atoms with E-state index in [-0.39, 0.29) is 5.91 Å². The average molecular weight is 294 g/mol. The summed E-state index contributed by atoms with van der Waals surface area (Å²) in [6.45, 7) is 0. The highest BCUT2D eigenvalue weighted by Gasteiger charge is 2.07. The molecule has 0 fully saturated rings. The fraction of sp³-hybridized carbons (Fsp3) is 0.167. The van der Waals surface area contributed by atoms with Crippen LogP contribution in [0.25, 0.3) is 10.9 Å². The Balaban J connectivity index is 1.64. The zero-order valence-electron chi connectivity index (χ0n) is 12.4. The third kappa shape index (κ3) is 3.11. The number of carbonyl (C=O) groups excluding carboxylic acids is 1. The number of hydrogen-bond donors (Lipinski definition) is 2. The fourth-order valence-corrected chi connectivity index (χ4v) is 2.49. The predicted octanol–water partition coefficient (Wildman–Crippen LogP) is 3.75. The van der Waals surface area contributed by atoms with Crippen LogP contribution in [-0.4, -0.2) is 18.0 Å². The van der Waals surface area contributed by atoms with Crippen molar-refractivity contribution in [3.05, 3.63) is 60.3 Å². The first-order valence-electron chi connectivity index (χ1n) is 7.25. The maximum absolute atomic E-state index is 12.2. The summed E-state index contributed by atoms with van der Waals surface area (Å²) >= 11 is 0. The number of fused-ring (bicyclic) bond motifs is 1. The molecule has 112 valence electrons. The second kappa shape index (κ2) is 6.35. The Kier molecular flexibility index (Phi) is 4.10. The van der Waals surface area contributed by atoms with Crippen molar-refractivity contribution in [1.82, 2.24) is 4.98 Å². The molecule has 4 nitrogen and oxygen atoms in total. The van der Waals surface area contributed by atoms with Gasteiger partial charge in [0.25, 0.3) is 0 Å². The molecule has 0 saturated heterocycles. The highest BCUT2D eigenvalue weighted by molar-refractivity contribution is 6.01. The Morgan fingerprint density at radius 1 is 1.18 bits per heavy atom. The van der Waals surface area contributed by atoms with Crippen molar-refractivity contribution in [2.75, 3.05) is 12.4 Å².